The van der Waals surface area contributed by atoms with Crippen molar-refractivity contribution in [3.63, 3.8) is 0 Å². The smallest absolute Gasteiger partial charge is 0.351 e. The molecule has 0 aliphatic heterocycles. The van der Waals surface area contributed by atoms with Gasteiger partial charge < -0.3 is 20.8 Å². The summed E-state index contributed by atoms with van der Waals surface area (Å²) in [5, 5.41) is 24.3. The number of para-hydroxylation sites is 1. The Morgan fingerprint density at radius 2 is 1.58 bits per heavy atom. The van der Waals surface area contributed by atoms with E-state index in [9.17, 15) is 29.4 Å². The fourth-order valence-corrected chi connectivity index (χ4v) is 4.39. The van der Waals surface area contributed by atoms with Crippen LogP contribution in [-0.2, 0) is 20.8 Å². The second-order valence-corrected chi connectivity index (χ2v) is 8.98. The maximum atomic E-state index is 13.4. The summed E-state index contributed by atoms with van der Waals surface area (Å²) in [5.41, 5.74) is -0.806. The van der Waals surface area contributed by atoms with Crippen molar-refractivity contribution in [1.29, 1.82) is 0 Å². The van der Waals surface area contributed by atoms with E-state index in [4.69, 9.17) is 0 Å². The van der Waals surface area contributed by atoms with Gasteiger partial charge in [0.1, 0.15) is 0 Å². The fraction of sp³-hybridized carbons (Fsp3) is 0.192. The number of carboxylic acids is 2. The number of amides is 1. The number of thioether (sulfide) groups is 1. The molecule has 2 atom stereocenters. The Labute approximate surface area is 212 Å². The molecule has 0 radical (unpaired) electrons. The van der Waals surface area contributed by atoms with Gasteiger partial charge in [-0.1, -0.05) is 60.3 Å². The molecule has 0 fully saturated rings. The molecule has 0 bridgehead atoms. The monoisotopic (exact) mass is 507 g/mol. The number of benzene rings is 2. The quantitative estimate of drug-likeness (QED) is 0.271. The van der Waals surface area contributed by atoms with Crippen molar-refractivity contribution in [1.82, 2.24) is 10.3 Å². The van der Waals surface area contributed by atoms with Crippen molar-refractivity contribution < 1.29 is 29.4 Å². The van der Waals surface area contributed by atoms with E-state index >= 15 is 0 Å². The van der Waals surface area contributed by atoms with E-state index in [-0.39, 0.29) is 17.3 Å². The molecule has 1 aromatic heterocycles. The number of hydrogen-bond acceptors (Lipinski definition) is 7. The molecule has 3 rings (SSSR count). The van der Waals surface area contributed by atoms with Crippen LogP contribution in [0.2, 0.25) is 0 Å². The molecule has 0 aliphatic rings. The Morgan fingerprint density at radius 1 is 0.917 bits per heavy atom. The SMILES string of the molecule is O=C(O)C[C@@](NC(=O)[C@@H](CSC(=O)c1cccnc1)Cc1ccccc1)(Nc1ccccc1)C(=O)O. The number of aliphatic carboxylic acids is 2. The second kappa shape index (κ2) is 12.5. The van der Waals surface area contributed by atoms with Crippen molar-refractivity contribution in [2.45, 2.75) is 18.5 Å². The van der Waals surface area contributed by atoms with Gasteiger partial charge in [-0.15, -0.1) is 0 Å². The number of aromatic nitrogens is 1. The Hall–Kier alpha value is -4.18. The number of rotatable bonds is 12. The number of hydrogen-bond donors (Lipinski definition) is 4. The average molecular weight is 508 g/mol. The Balaban J connectivity index is 1.86. The first-order chi connectivity index (χ1) is 17.3. The zero-order chi connectivity index (χ0) is 26.0. The molecule has 4 N–H and O–H groups in total. The van der Waals surface area contributed by atoms with Crippen LogP contribution in [-0.4, -0.2) is 49.6 Å². The van der Waals surface area contributed by atoms with E-state index in [0.29, 0.717) is 11.3 Å². The van der Waals surface area contributed by atoms with Gasteiger partial charge in [0.05, 0.1) is 12.3 Å². The maximum absolute atomic E-state index is 13.4. The topological polar surface area (TPSA) is 146 Å². The second-order valence-electron chi connectivity index (χ2n) is 7.99. The molecule has 186 valence electrons. The summed E-state index contributed by atoms with van der Waals surface area (Å²) in [6.45, 7) is 0. The van der Waals surface area contributed by atoms with Gasteiger partial charge in [-0.2, -0.15) is 0 Å². The van der Waals surface area contributed by atoms with Gasteiger partial charge in [-0.05, 0) is 36.2 Å². The number of nitrogens with zero attached hydrogens (tertiary/aromatic N) is 1. The summed E-state index contributed by atoms with van der Waals surface area (Å²) in [4.78, 5) is 53.9. The lowest BCUT2D eigenvalue weighted by atomic mass is 9.98. The van der Waals surface area contributed by atoms with Crippen molar-refractivity contribution in [2.24, 2.45) is 5.92 Å². The largest absolute Gasteiger partial charge is 0.481 e. The summed E-state index contributed by atoms with van der Waals surface area (Å²) in [6.07, 6.45) is 2.27. The van der Waals surface area contributed by atoms with Crippen LogP contribution in [0.4, 0.5) is 5.69 Å². The van der Waals surface area contributed by atoms with Crippen LogP contribution in [0.25, 0.3) is 0 Å². The molecule has 10 heteroatoms. The number of pyridine rings is 1. The van der Waals surface area contributed by atoms with Gasteiger partial charge in [0.25, 0.3) is 0 Å². The Morgan fingerprint density at radius 3 is 2.17 bits per heavy atom. The van der Waals surface area contributed by atoms with E-state index in [1.807, 2.05) is 18.2 Å². The summed E-state index contributed by atoms with van der Waals surface area (Å²) < 4.78 is 0. The number of carbonyl (C=O) groups excluding carboxylic acids is 2. The van der Waals surface area contributed by atoms with E-state index in [1.165, 1.54) is 6.20 Å². The molecule has 0 unspecified atom stereocenters. The normalized spacial score (nSPS) is 13.1. The zero-order valence-corrected chi connectivity index (χ0v) is 20.0. The minimum atomic E-state index is -2.31. The minimum Gasteiger partial charge on any atom is -0.481 e. The van der Waals surface area contributed by atoms with Crippen molar-refractivity contribution in [3.8, 4) is 0 Å². The molecular formula is C26H25N3O6S. The first-order valence-corrected chi connectivity index (χ1v) is 12.0. The molecule has 3 aromatic rings. The van der Waals surface area contributed by atoms with Gasteiger partial charge in [-0.25, -0.2) is 4.79 Å². The predicted octanol–water partition coefficient (Wildman–Crippen LogP) is 3.30. The molecular weight excluding hydrogens is 482 g/mol. The van der Waals surface area contributed by atoms with Gasteiger partial charge in [0, 0.05) is 29.4 Å². The van der Waals surface area contributed by atoms with E-state index in [1.54, 1.807) is 60.8 Å². The molecule has 36 heavy (non-hydrogen) atoms. The molecule has 1 amide bonds. The third kappa shape index (κ3) is 7.41. The highest BCUT2D eigenvalue weighted by molar-refractivity contribution is 8.14. The van der Waals surface area contributed by atoms with Gasteiger partial charge >= 0.3 is 11.9 Å². The van der Waals surface area contributed by atoms with E-state index in [0.717, 1.165) is 17.3 Å². The molecule has 0 aliphatic carbocycles. The van der Waals surface area contributed by atoms with Crippen LogP contribution in [0.3, 0.4) is 0 Å². The molecule has 0 spiro atoms. The summed E-state index contributed by atoms with van der Waals surface area (Å²) in [7, 11) is 0. The number of carboxylic acid groups (broad SMARTS) is 2. The van der Waals surface area contributed by atoms with Crippen LogP contribution in [0.15, 0.2) is 85.2 Å². The van der Waals surface area contributed by atoms with Crippen LogP contribution < -0.4 is 10.6 Å². The van der Waals surface area contributed by atoms with Crippen molar-refractivity contribution in [3.05, 3.63) is 96.3 Å². The first-order valence-electron chi connectivity index (χ1n) is 11.0. The van der Waals surface area contributed by atoms with Crippen LogP contribution in [0, 0.1) is 5.92 Å². The molecule has 9 nitrogen and oxygen atoms in total. The third-order valence-electron chi connectivity index (χ3n) is 5.26. The first kappa shape index (κ1) is 26.4. The molecule has 0 saturated heterocycles. The maximum Gasteiger partial charge on any atom is 0.351 e. The van der Waals surface area contributed by atoms with Crippen LogP contribution >= 0.6 is 11.8 Å². The molecule has 2 aromatic carbocycles. The van der Waals surface area contributed by atoms with Crippen molar-refractivity contribution >= 4 is 40.4 Å². The fourth-order valence-electron chi connectivity index (χ4n) is 3.48. The highest BCUT2D eigenvalue weighted by Gasteiger charge is 2.44. The van der Waals surface area contributed by atoms with Gasteiger partial charge in [-0.3, -0.25) is 19.4 Å². The average Bonchev–Trinajstić information content (AvgIpc) is 2.87. The number of carbonyl (C=O) groups is 4. The zero-order valence-electron chi connectivity index (χ0n) is 19.2. The predicted molar refractivity (Wildman–Crippen MR) is 135 cm³/mol. The third-order valence-corrected chi connectivity index (χ3v) is 6.33. The van der Waals surface area contributed by atoms with Crippen LogP contribution in [0.1, 0.15) is 22.3 Å². The Kier molecular flexibility index (Phi) is 9.18. The number of nitrogens with one attached hydrogen (secondary N) is 2. The Bertz CT molecular complexity index is 1190. The summed E-state index contributed by atoms with van der Waals surface area (Å²) in [6, 6.07) is 20.5. The van der Waals surface area contributed by atoms with Gasteiger partial charge in [0.2, 0.25) is 16.7 Å². The summed E-state index contributed by atoms with van der Waals surface area (Å²) in [5.74, 6) is -4.45. The van der Waals surface area contributed by atoms with E-state index < -0.39 is 35.8 Å². The number of anilines is 1. The summed E-state index contributed by atoms with van der Waals surface area (Å²) >= 11 is 0.914. The highest BCUT2D eigenvalue weighted by Crippen LogP contribution is 2.22. The standard InChI is InChI=1S/C26H25N3O6S/c30-22(31)15-26(25(34)35,28-21-11-5-2-6-12-21)29-23(32)20(14-18-8-3-1-4-9-18)17-36-24(33)19-10-7-13-27-16-19/h1-13,16,20,28H,14-15,17H2,(H,29,32)(H,30,31)(H,34,35)/t20-,26+/m1/s1. The minimum absolute atomic E-state index is 0.0442. The highest BCUT2D eigenvalue weighted by atomic mass is 32.2. The lowest BCUT2D eigenvalue weighted by Crippen LogP contribution is -2.62. The van der Waals surface area contributed by atoms with E-state index in [2.05, 4.69) is 15.6 Å². The molecule has 0 saturated carbocycles. The van der Waals surface area contributed by atoms with Gasteiger partial charge in [0.15, 0.2) is 0 Å². The van der Waals surface area contributed by atoms with Crippen molar-refractivity contribution in [2.75, 3.05) is 11.1 Å². The molecule has 1 heterocycles. The lowest BCUT2D eigenvalue weighted by Gasteiger charge is -2.32. The lowest BCUT2D eigenvalue weighted by molar-refractivity contribution is -0.152. The van der Waals surface area contributed by atoms with Crippen LogP contribution in [0.5, 0.6) is 0 Å².